The number of sulfonamides is 1. The zero-order chi connectivity index (χ0) is 22.1. The van der Waals surface area contributed by atoms with Gasteiger partial charge in [-0.25, -0.2) is 13.3 Å². The zero-order valence-electron chi connectivity index (χ0n) is 17.5. The Morgan fingerprint density at radius 2 is 1.70 bits per heavy atom. The van der Waals surface area contributed by atoms with Gasteiger partial charge in [0.1, 0.15) is 11.8 Å². The molecule has 0 aliphatic carbocycles. The van der Waals surface area contributed by atoms with Gasteiger partial charge in [-0.15, -0.1) is 0 Å². The molecule has 160 valence electrons. The number of nitrogens with zero attached hydrogens (tertiary/aromatic N) is 2. The van der Waals surface area contributed by atoms with Gasteiger partial charge in [-0.1, -0.05) is 24.6 Å². The second kappa shape index (κ2) is 8.57. The summed E-state index contributed by atoms with van der Waals surface area (Å²) in [4.78, 5) is 27.1. The Kier molecular flexibility index (Phi) is 6.28. The number of ether oxygens (including phenoxy) is 1. The molecule has 1 heterocycles. The van der Waals surface area contributed by atoms with Gasteiger partial charge in [0.05, 0.1) is 24.1 Å². The topological polar surface area (TPSA) is 84.0 Å². The van der Waals surface area contributed by atoms with Crippen molar-refractivity contribution in [2.45, 2.75) is 50.6 Å². The van der Waals surface area contributed by atoms with Crippen molar-refractivity contribution < 1.29 is 22.7 Å². The second-order valence-electron chi connectivity index (χ2n) is 7.39. The van der Waals surface area contributed by atoms with Gasteiger partial charge in [0, 0.05) is 6.04 Å². The second-order valence-corrected chi connectivity index (χ2v) is 9.23. The summed E-state index contributed by atoms with van der Waals surface area (Å²) in [5.41, 5.74) is 1.45. The molecule has 2 atom stereocenters. The molecule has 0 bridgehead atoms. The number of rotatable bonds is 7. The Morgan fingerprint density at radius 3 is 2.23 bits per heavy atom. The number of imide groups is 1. The Labute approximate surface area is 177 Å². The van der Waals surface area contributed by atoms with Crippen LogP contribution in [0, 0.1) is 6.92 Å². The van der Waals surface area contributed by atoms with Gasteiger partial charge in [-0.05, 0) is 56.7 Å². The van der Waals surface area contributed by atoms with Crippen LogP contribution in [0.3, 0.4) is 0 Å². The van der Waals surface area contributed by atoms with E-state index in [9.17, 15) is 18.0 Å². The molecule has 0 saturated carbocycles. The number of anilines is 1. The standard InChI is InChI=1S/C22H26N2O5S/c1-5-16(3)24(30(27,28)19-12-10-18(29-4)11-13-19)20-14-21(25)23(22(20)26)17-8-6-15(2)7-9-17/h6-13,16,20H,5,14H2,1-4H3. The van der Waals surface area contributed by atoms with Gasteiger partial charge in [-0.2, -0.15) is 4.31 Å². The number of carbonyl (C=O) groups excluding carboxylic acids is 2. The third-order valence-corrected chi connectivity index (χ3v) is 7.42. The fourth-order valence-electron chi connectivity index (χ4n) is 3.54. The molecule has 2 unspecified atom stereocenters. The lowest BCUT2D eigenvalue weighted by molar-refractivity contribution is -0.122. The largest absolute Gasteiger partial charge is 0.497 e. The molecule has 2 aromatic carbocycles. The molecule has 0 aromatic heterocycles. The molecule has 30 heavy (non-hydrogen) atoms. The van der Waals surface area contributed by atoms with E-state index >= 15 is 0 Å². The average Bonchev–Trinajstić information content (AvgIpc) is 3.02. The van der Waals surface area contributed by atoms with Gasteiger partial charge in [-0.3, -0.25) is 9.59 Å². The van der Waals surface area contributed by atoms with Crippen LogP contribution in [0.4, 0.5) is 5.69 Å². The summed E-state index contributed by atoms with van der Waals surface area (Å²) in [7, 11) is -2.51. The van der Waals surface area contributed by atoms with Crippen LogP contribution in [-0.4, -0.2) is 43.7 Å². The van der Waals surface area contributed by atoms with E-state index in [-0.39, 0.29) is 11.3 Å². The van der Waals surface area contributed by atoms with Crippen LogP contribution in [0.25, 0.3) is 0 Å². The van der Waals surface area contributed by atoms with Crippen molar-refractivity contribution in [2.75, 3.05) is 12.0 Å². The third-order valence-electron chi connectivity index (χ3n) is 5.38. The molecule has 8 heteroatoms. The molecule has 2 aromatic rings. The van der Waals surface area contributed by atoms with Crippen LogP contribution < -0.4 is 9.64 Å². The first kappa shape index (κ1) is 22.0. The van der Waals surface area contributed by atoms with E-state index in [0.717, 1.165) is 10.5 Å². The van der Waals surface area contributed by atoms with Crippen molar-refractivity contribution in [3.8, 4) is 5.75 Å². The van der Waals surface area contributed by atoms with Crippen LogP contribution in [0.5, 0.6) is 5.75 Å². The molecule has 1 fully saturated rings. The van der Waals surface area contributed by atoms with Crippen LogP contribution in [0.1, 0.15) is 32.3 Å². The minimum Gasteiger partial charge on any atom is -0.497 e. The van der Waals surface area contributed by atoms with E-state index in [1.54, 1.807) is 31.2 Å². The minimum absolute atomic E-state index is 0.0534. The summed E-state index contributed by atoms with van der Waals surface area (Å²) in [6.45, 7) is 5.50. The normalized spacial score (nSPS) is 18.2. The van der Waals surface area contributed by atoms with Gasteiger partial charge in [0.2, 0.25) is 15.9 Å². The Bertz CT molecular complexity index is 1030. The molecule has 1 aliphatic rings. The molecular weight excluding hydrogens is 404 g/mol. The lowest BCUT2D eigenvalue weighted by Gasteiger charge is -2.31. The number of hydrogen-bond acceptors (Lipinski definition) is 5. The Hall–Kier alpha value is -2.71. The van der Waals surface area contributed by atoms with E-state index in [0.29, 0.717) is 17.9 Å². The van der Waals surface area contributed by atoms with E-state index in [4.69, 9.17) is 4.74 Å². The van der Waals surface area contributed by atoms with Crippen molar-refractivity contribution in [1.29, 1.82) is 0 Å². The fraction of sp³-hybridized carbons (Fsp3) is 0.364. The summed E-state index contributed by atoms with van der Waals surface area (Å²) < 4.78 is 33.2. The molecular formula is C22H26N2O5S. The zero-order valence-corrected chi connectivity index (χ0v) is 18.3. The number of methoxy groups -OCH3 is 1. The smallest absolute Gasteiger partial charge is 0.252 e. The van der Waals surface area contributed by atoms with Gasteiger partial charge in [0.15, 0.2) is 0 Å². The summed E-state index contributed by atoms with van der Waals surface area (Å²) in [5, 5.41) is 0. The third kappa shape index (κ3) is 3.97. The number of hydrogen-bond donors (Lipinski definition) is 0. The van der Waals surface area contributed by atoms with Crippen LogP contribution in [0.2, 0.25) is 0 Å². The van der Waals surface area contributed by atoms with E-state index < -0.39 is 33.9 Å². The highest BCUT2D eigenvalue weighted by molar-refractivity contribution is 7.89. The number of aryl methyl sites for hydroxylation is 1. The predicted molar refractivity (Wildman–Crippen MR) is 114 cm³/mol. The maximum absolute atomic E-state index is 13.5. The monoisotopic (exact) mass is 430 g/mol. The number of carbonyl (C=O) groups is 2. The number of benzene rings is 2. The maximum atomic E-state index is 13.5. The average molecular weight is 431 g/mol. The molecule has 0 N–H and O–H groups in total. The van der Waals surface area contributed by atoms with Gasteiger partial charge >= 0.3 is 0 Å². The van der Waals surface area contributed by atoms with Crippen molar-refractivity contribution in [1.82, 2.24) is 4.31 Å². The van der Waals surface area contributed by atoms with Crippen molar-refractivity contribution in [2.24, 2.45) is 0 Å². The highest BCUT2D eigenvalue weighted by atomic mass is 32.2. The van der Waals surface area contributed by atoms with Crippen LogP contribution >= 0.6 is 0 Å². The quantitative estimate of drug-likeness (QED) is 0.630. The van der Waals surface area contributed by atoms with Crippen molar-refractivity contribution in [3.05, 3.63) is 54.1 Å². The molecule has 7 nitrogen and oxygen atoms in total. The van der Waals surface area contributed by atoms with E-state index in [2.05, 4.69) is 0 Å². The molecule has 0 spiro atoms. The van der Waals surface area contributed by atoms with Gasteiger partial charge < -0.3 is 4.74 Å². The molecule has 1 saturated heterocycles. The molecule has 3 rings (SSSR count). The SMILES string of the molecule is CCC(C)N(C1CC(=O)N(c2ccc(C)cc2)C1=O)S(=O)(=O)c1ccc(OC)cc1. The fourth-order valence-corrected chi connectivity index (χ4v) is 5.39. The van der Waals surface area contributed by atoms with E-state index in [1.807, 2.05) is 26.0 Å². The molecule has 1 aliphatic heterocycles. The lowest BCUT2D eigenvalue weighted by atomic mass is 10.2. The highest BCUT2D eigenvalue weighted by Gasteiger charge is 2.48. The molecule has 2 amide bonds. The summed E-state index contributed by atoms with van der Waals surface area (Å²) >= 11 is 0. The van der Waals surface area contributed by atoms with Crippen molar-refractivity contribution in [3.63, 3.8) is 0 Å². The summed E-state index contributed by atoms with van der Waals surface area (Å²) in [5.74, 6) is -0.407. The number of amides is 2. The first-order chi connectivity index (χ1) is 14.2. The Morgan fingerprint density at radius 1 is 1.10 bits per heavy atom. The van der Waals surface area contributed by atoms with Crippen LogP contribution in [-0.2, 0) is 19.6 Å². The summed E-state index contributed by atoms with van der Waals surface area (Å²) in [6.07, 6.45) is 0.310. The minimum atomic E-state index is -4.01. The van der Waals surface area contributed by atoms with Gasteiger partial charge in [0.25, 0.3) is 5.91 Å². The maximum Gasteiger partial charge on any atom is 0.252 e. The lowest BCUT2D eigenvalue weighted by Crippen LogP contribution is -2.49. The Balaban J connectivity index is 2.00. The first-order valence-corrected chi connectivity index (χ1v) is 11.3. The molecule has 0 radical (unpaired) electrons. The van der Waals surface area contributed by atoms with Crippen LogP contribution in [0.15, 0.2) is 53.4 Å². The summed E-state index contributed by atoms with van der Waals surface area (Å²) in [6, 6.07) is 11.5. The van der Waals surface area contributed by atoms with Crippen molar-refractivity contribution >= 4 is 27.5 Å². The predicted octanol–water partition coefficient (Wildman–Crippen LogP) is 3.12. The van der Waals surface area contributed by atoms with E-state index in [1.165, 1.54) is 23.5 Å². The highest BCUT2D eigenvalue weighted by Crippen LogP contribution is 2.32. The first-order valence-electron chi connectivity index (χ1n) is 9.81.